The molecule has 6 aromatic rings. The Morgan fingerprint density at radius 1 is 0.483 bits per heavy atom. The van der Waals surface area contributed by atoms with Crippen molar-refractivity contribution in [2.45, 2.75) is 0 Å². The number of rotatable bonds is 9. The van der Waals surface area contributed by atoms with Gasteiger partial charge in [0.2, 0.25) is 5.29 Å². The van der Waals surface area contributed by atoms with Gasteiger partial charge in [-0.15, -0.1) is 5.10 Å². The quantitative estimate of drug-likeness (QED) is 0.0656. The summed E-state index contributed by atoms with van der Waals surface area (Å²) in [5.74, 6) is -4.10. The van der Waals surface area contributed by atoms with Crippen LogP contribution in [0.25, 0.3) is 32.3 Å². The highest BCUT2D eigenvalue weighted by Crippen LogP contribution is 2.38. The molecular weight excluding hydrogens is 762 g/mol. The van der Waals surface area contributed by atoms with Crippen molar-refractivity contribution in [2.24, 2.45) is 27.1 Å². The first-order valence-corrected chi connectivity index (χ1v) is 18.4. The van der Waals surface area contributed by atoms with E-state index in [0.717, 1.165) is 14.7 Å². The van der Waals surface area contributed by atoms with E-state index in [1.54, 1.807) is 109 Å². The second-order valence-electron chi connectivity index (χ2n) is 14.4. The maximum atomic E-state index is 14.5. The van der Waals surface area contributed by atoms with Crippen LogP contribution in [0.1, 0.15) is 62.1 Å². The molecule has 0 spiro atoms. The SMILES string of the molecule is N/C(Cl)=N\N=C(/N)OCC(CN1C(=O)c2cccc3cccc(c23)C1=O)(CN1C(=O)c2cccc3cccc(c23)C1=O)CN1C(=O)c2cccc3cccc(c23)C1=O. The average Bonchev–Trinajstić information content (AvgIpc) is 3.23. The van der Waals surface area contributed by atoms with Gasteiger partial charge in [-0.05, 0) is 64.2 Å². The van der Waals surface area contributed by atoms with Gasteiger partial charge in [-0.1, -0.05) is 77.9 Å². The third-order valence-electron chi connectivity index (χ3n) is 10.8. The largest absolute Gasteiger partial charge is 0.463 e. The van der Waals surface area contributed by atoms with Crippen molar-refractivity contribution in [3.63, 3.8) is 0 Å². The molecule has 3 heterocycles. The van der Waals surface area contributed by atoms with E-state index in [1.165, 1.54) is 0 Å². The number of halogens is 1. The zero-order chi connectivity index (χ0) is 40.5. The zero-order valence-corrected chi connectivity index (χ0v) is 31.1. The minimum absolute atomic E-state index is 0.229. The van der Waals surface area contributed by atoms with Crippen LogP contribution >= 0.6 is 11.6 Å². The fraction of sp³-hybridized carbons (Fsp3) is 0.116. The molecule has 0 saturated heterocycles. The summed E-state index contributed by atoms with van der Waals surface area (Å²) in [6.45, 7) is -2.34. The summed E-state index contributed by atoms with van der Waals surface area (Å²) in [4.78, 5) is 90.0. The topological polar surface area (TPSA) is 198 Å². The third-order valence-corrected chi connectivity index (χ3v) is 10.9. The molecule has 58 heavy (non-hydrogen) atoms. The van der Waals surface area contributed by atoms with Crippen LogP contribution in [0, 0.1) is 5.41 Å². The molecule has 0 aliphatic carbocycles. The monoisotopic (exact) mass is 791 g/mol. The molecule has 0 unspecified atom stereocenters. The molecule has 15 heteroatoms. The van der Waals surface area contributed by atoms with E-state index < -0.39 is 78.4 Å². The van der Waals surface area contributed by atoms with E-state index in [4.69, 9.17) is 27.8 Å². The lowest BCUT2D eigenvalue weighted by Gasteiger charge is -2.44. The summed E-state index contributed by atoms with van der Waals surface area (Å²) in [5.41, 5.74) is 11.1. The van der Waals surface area contributed by atoms with Crippen molar-refractivity contribution in [3.05, 3.63) is 143 Å². The van der Waals surface area contributed by atoms with E-state index in [9.17, 15) is 28.8 Å². The van der Waals surface area contributed by atoms with Crippen molar-refractivity contribution in [1.29, 1.82) is 0 Å². The maximum Gasteiger partial charge on any atom is 0.306 e. The Bertz CT molecular complexity index is 2490. The fourth-order valence-electron chi connectivity index (χ4n) is 8.32. The summed E-state index contributed by atoms with van der Waals surface area (Å²) in [6.07, 6.45) is 0. The van der Waals surface area contributed by atoms with Gasteiger partial charge < -0.3 is 16.2 Å². The molecule has 0 atom stereocenters. The summed E-state index contributed by atoms with van der Waals surface area (Å²) in [6, 6.07) is 29.8. The third kappa shape index (κ3) is 5.72. The number of nitrogens with two attached hydrogens (primary N) is 2. The molecule has 14 nitrogen and oxygen atoms in total. The normalized spacial score (nSPS) is 15.7. The second kappa shape index (κ2) is 13.6. The molecule has 9 rings (SSSR count). The number of benzene rings is 6. The number of amides is 6. The highest BCUT2D eigenvalue weighted by molar-refractivity contribution is 6.64. The number of nitrogens with zero attached hydrogens (tertiary/aromatic N) is 5. The summed E-state index contributed by atoms with van der Waals surface area (Å²) in [5, 5.41) is 10.1. The average molecular weight is 792 g/mol. The lowest BCUT2D eigenvalue weighted by Crippen LogP contribution is -2.60. The Labute approximate surface area is 333 Å². The van der Waals surface area contributed by atoms with E-state index in [-0.39, 0.29) is 33.4 Å². The second-order valence-corrected chi connectivity index (χ2v) is 14.8. The van der Waals surface area contributed by atoms with Crippen molar-refractivity contribution in [1.82, 2.24) is 14.7 Å². The Balaban J connectivity index is 1.21. The Hall–Kier alpha value is -7.45. The van der Waals surface area contributed by atoms with Gasteiger partial charge in [0.25, 0.3) is 35.4 Å². The number of imide groups is 3. The summed E-state index contributed by atoms with van der Waals surface area (Å²) >= 11 is 5.68. The molecule has 6 aromatic carbocycles. The molecular formula is C43H30ClN7O7. The van der Waals surface area contributed by atoms with Gasteiger partial charge in [-0.25, -0.2) is 0 Å². The van der Waals surface area contributed by atoms with E-state index >= 15 is 0 Å². The number of ether oxygens (including phenoxy) is 1. The van der Waals surface area contributed by atoms with Gasteiger partial charge in [0.15, 0.2) is 0 Å². The summed E-state index contributed by atoms with van der Waals surface area (Å²) < 4.78 is 5.93. The molecule has 286 valence electrons. The van der Waals surface area contributed by atoms with Gasteiger partial charge in [0, 0.05) is 69.2 Å². The fourth-order valence-corrected chi connectivity index (χ4v) is 8.36. The number of hydrogen-bond donors (Lipinski definition) is 2. The van der Waals surface area contributed by atoms with Crippen LogP contribution < -0.4 is 11.5 Å². The van der Waals surface area contributed by atoms with Gasteiger partial charge in [-0.2, -0.15) is 0 Å². The summed E-state index contributed by atoms with van der Waals surface area (Å²) in [7, 11) is 0. The Kier molecular flexibility index (Phi) is 8.51. The van der Waals surface area contributed by atoms with Crippen LogP contribution in [0.2, 0.25) is 0 Å². The van der Waals surface area contributed by atoms with Crippen molar-refractivity contribution >= 4 is 90.7 Å². The molecule has 3 aliphatic heterocycles. The van der Waals surface area contributed by atoms with Crippen molar-refractivity contribution in [3.8, 4) is 0 Å². The van der Waals surface area contributed by atoms with Gasteiger partial charge in [0.1, 0.15) is 6.61 Å². The minimum Gasteiger partial charge on any atom is -0.463 e. The number of hydrogen-bond acceptors (Lipinski definition) is 9. The van der Waals surface area contributed by atoms with Crippen LogP contribution in [0.15, 0.2) is 119 Å². The van der Waals surface area contributed by atoms with Crippen LogP contribution in [0.4, 0.5) is 0 Å². The van der Waals surface area contributed by atoms with Crippen LogP contribution in [0.3, 0.4) is 0 Å². The van der Waals surface area contributed by atoms with Gasteiger partial charge >= 0.3 is 6.02 Å². The number of amidine groups is 2. The first kappa shape index (κ1) is 36.2. The predicted octanol–water partition coefficient (Wildman–Crippen LogP) is 5.12. The van der Waals surface area contributed by atoms with Gasteiger partial charge in [-0.3, -0.25) is 43.5 Å². The molecule has 3 aliphatic rings. The smallest absolute Gasteiger partial charge is 0.306 e. The zero-order valence-electron chi connectivity index (χ0n) is 30.3. The lowest BCUT2D eigenvalue weighted by atomic mass is 9.82. The first-order chi connectivity index (χ1) is 28.0. The number of carbonyl (C=O) groups is 6. The first-order valence-electron chi connectivity index (χ1n) is 18.0. The molecule has 0 saturated carbocycles. The van der Waals surface area contributed by atoms with E-state index in [1.807, 2.05) is 0 Å². The molecule has 0 bridgehead atoms. The molecule has 6 amide bonds. The minimum atomic E-state index is -1.83. The van der Waals surface area contributed by atoms with Gasteiger partial charge in [0.05, 0.1) is 5.41 Å². The van der Waals surface area contributed by atoms with Crippen LogP contribution in [-0.2, 0) is 4.74 Å². The van der Waals surface area contributed by atoms with Crippen LogP contribution in [0.5, 0.6) is 0 Å². The molecule has 0 fully saturated rings. The lowest BCUT2D eigenvalue weighted by molar-refractivity contribution is 0.0148. The van der Waals surface area contributed by atoms with E-state index in [0.29, 0.717) is 32.3 Å². The van der Waals surface area contributed by atoms with Crippen molar-refractivity contribution in [2.75, 3.05) is 26.2 Å². The predicted molar refractivity (Wildman–Crippen MR) is 215 cm³/mol. The maximum absolute atomic E-state index is 14.5. The standard InChI is InChI=1S/C43H30ClN7O7/c44-41(45)47-48-42(46)58-22-43(19-49-35(52)26-13-1-7-23-8-2-14-27(32(23)26)36(49)53,20-50-37(54)28-15-3-9-24-10-4-16-29(33(24)28)38(50)55)21-51-39(56)30-17-5-11-25-12-6-18-31(34(25)30)40(51)57/h1-18H,19-22H2,(H2,45,47)(H2,46,48). The van der Waals surface area contributed by atoms with Crippen LogP contribution in [-0.4, -0.2) is 87.7 Å². The Morgan fingerprint density at radius 3 is 1.02 bits per heavy atom. The Morgan fingerprint density at radius 2 is 0.759 bits per heavy atom. The molecule has 0 aromatic heterocycles. The van der Waals surface area contributed by atoms with Crippen molar-refractivity contribution < 1.29 is 33.5 Å². The number of carbonyl (C=O) groups excluding carboxylic acids is 6. The highest BCUT2D eigenvalue weighted by atomic mass is 35.5. The van der Waals surface area contributed by atoms with E-state index in [2.05, 4.69) is 10.2 Å². The molecule has 0 radical (unpaired) electrons. The highest BCUT2D eigenvalue weighted by Gasteiger charge is 2.49. The molecule has 4 N–H and O–H groups in total.